The van der Waals surface area contributed by atoms with Crippen molar-refractivity contribution >= 4 is 17.5 Å². The monoisotopic (exact) mass is 373 g/mol. The first-order chi connectivity index (χ1) is 12.8. The van der Waals surface area contributed by atoms with Crippen molar-refractivity contribution in [3.05, 3.63) is 64.2 Å². The SMILES string of the molecule is CC(C)Oc1ccc(C(=O)NNC(=O)COc2ccc([N+](=O)[O-])cc2)cc1. The highest BCUT2D eigenvalue weighted by atomic mass is 16.6. The largest absolute Gasteiger partial charge is 0.491 e. The predicted molar refractivity (Wildman–Crippen MR) is 96.4 cm³/mol. The Morgan fingerprint density at radius 1 is 1.00 bits per heavy atom. The van der Waals surface area contributed by atoms with Gasteiger partial charge in [-0.2, -0.15) is 0 Å². The molecule has 2 aromatic rings. The number of benzene rings is 2. The molecule has 0 saturated carbocycles. The number of hydrazine groups is 1. The van der Waals surface area contributed by atoms with E-state index in [1.807, 2.05) is 13.8 Å². The van der Waals surface area contributed by atoms with Gasteiger partial charge < -0.3 is 9.47 Å². The lowest BCUT2D eigenvalue weighted by molar-refractivity contribution is -0.384. The van der Waals surface area contributed by atoms with E-state index in [9.17, 15) is 19.7 Å². The number of hydrogen-bond acceptors (Lipinski definition) is 6. The van der Waals surface area contributed by atoms with Gasteiger partial charge in [-0.25, -0.2) is 0 Å². The van der Waals surface area contributed by atoms with E-state index in [4.69, 9.17) is 9.47 Å². The van der Waals surface area contributed by atoms with Gasteiger partial charge in [-0.05, 0) is 50.2 Å². The van der Waals surface area contributed by atoms with Crippen LogP contribution in [0.1, 0.15) is 24.2 Å². The smallest absolute Gasteiger partial charge is 0.276 e. The van der Waals surface area contributed by atoms with Crippen LogP contribution in [0.4, 0.5) is 5.69 Å². The van der Waals surface area contributed by atoms with Crippen LogP contribution in [0.25, 0.3) is 0 Å². The number of nitro benzene ring substituents is 1. The van der Waals surface area contributed by atoms with Crippen molar-refractivity contribution in [2.75, 3.05) is 6.61 Å². The number of nitrogens with zero attached hydrogens (tertiary/aromatic N) is 1. The number of nitrogens with one attached hydrogen (secondary N) is 2. The molecule has 2 amide bonds. The molecule has 0 unspecified atom stereocenters. The molecule has 27 heavy (non-hydrogen) atoms. The summed E-state index contributed by atoms with van der Waals surface area (Å²) < 4.78 is 10.7. The highest BCUT2D eigenvalue weighted by Gasteiger charge is 2.09. The van der Waals surface area contributed by atoms with Crippen molar-refractivity contribution < 1.29 is 24.0 Å². The number of non-ortho nitro benzene ring substituents is 1. The van der Waals surface area contributed by atoms with E-state index in [1.165, 1.54) is 24.3 Å². The van der Waals surface area contributed by atoms with Crippen molar-refractivity contribution in [2.24, 2.45) is 0 Å². The Morgan fingerprint density at radius 3 is 2.15 bits per heavy atom. The molecule has 2 aromatic carbocycles. The first-order valence-corrected chi connectivity index (χ1v) is 8.08. The standard InChI is InChI=1S/C18H19N3O6/c1-12(2)27-16-7-3-13(4-8-16)18(23)20-19-17(22)11-26-15-9-5-14(6-10-15)21(24)25/h3-10,12H,11H2,1-2H3,(H,19,22)(H,20,23). The normalized spacial score (nSPS) is 10.2. The van der Waals surface area contributed by atoms with E-state index in [2.05, 4.69) is 10.9 Å². The Hall–Kier alpha value is -3.62. The van der Waals surface area contributed by atoms with Gasteiger partial charge in [0, 0.05) is 17.7 Å². The number of nitro groups is 1. The molecular formula is C18H19N3O6. The highest BCUT2D eigenvalue weighted by Crippen LogP contribution is 2.17. The van der Waals surface area contributed by atoms with Crippen molar-refractivity contribution in [2.45, 2.75) is 20.0 Å². The van der Waals surface area contributed by atoms with E-state index < -0.39 is 16.7 Å². The van der Waals surface area contributed by atoms with Crippen LogP contribution in [0, 0.1) is 10.1 Å². The molecular weight excluding hydrogens is 354 g/mol. The van der Waals surface area contributed by atoms with Crippen molar-refractivity contribution in [1.82, 2.24) is 10.9 Å². The summed E-state index contributed by atoms with van der Waals surface area (Å²) in [7, 11) is 0. The van der Waals surface area contributed by atoms with Crippen LogP contribution in [0.3, 0.4) is 0 Å². The third kappa shape index (κ3) is 6.31. The molecule has 0 fully saturated rings. The zero-order valence-corrected chi connectivity index (χ0v) is 14.8. The summed E-state index contributed by atoms with van der Waals surface area (Å²) in [5, 5.41) is 10.6. The van der Waals surface area contributed by atoms with Crippen LogP contribution < -0.4 is 20.3 Å². The minimum atomic E-state index is -0.582. The van der Waals surface area contributed by atoms with Crippen molar-refractivity contribution in [3.63, 3.8) is 0 Å². The van der Waals surface area contributed by atoms with Crippen LogP contribution in [0.2, 0.25) is 0 Å². The highest BCUT2D eigenvalue weighted by molar-refractivity contribution is 5.95. The molecule has 0 aliphatic rings. The zero-order valence-electron chi connectivity index (χ0n) is 14.8. The lowest BCUT2D eigenvalue weighted by Crippen LogP contribution is -2.43. The van der Waals surface area contributed by atoms with Gasteiger partial charge in [0.05, 0.1) is 11.0 Å². The van der Waals surface area contributed by atoms with Gasteiger partial charge in [-0.15, -0.1) is 0 Å². The maximum absolute atomic E-state index is 12.0. The second-order valence-corrected chi connectivity index (χ2v) is 5.73. The fourth-order valence-electron chi connectivity index (χ4n) is 2.00. The Morgan fingerprint density at radius 2 is 1.59 bits per heavy atom. The zero-order chi connectivity index (χ0) is 19.8. The molecule has 0 heterocycles. The molecule has 0 bridgehead atoms. The van der Waals surface area contributed by atoms with Gasteiger partial charge in [0.25, 0.3) is 17.5 Å². The van der Waals surface area contributed by atoms with Crippen LogP contribution >= 0.6 is 0 Å². The molecule has 9 nitrogen and oxygen atoms in total. The lowest BCUT2D eigenvalue weighted by Gasteiger charge is -2.11. The first kappa shape index (κ1) is 19.7. The summed E-state index contributed by atoms with van der Waals surface area (Å²) in [6, 6.07) is 11.8. The predicted octanol–water partition coefficient (Wildman–Crippen LogP) is 2.22. The minimum absolute atomic E-state index is 0.0275. The topological polar surface area (TPSA) is 120 Å². The van der Waals surface area contributed by atoms with Gasteiger partial charge in [-0.3, -0.25) is 30.6 Å². The van der Waals surface area contributed by atoms with Crippen LogP contribution in [-0.4, -0.2) is 29.4 Å². The number of carbonyl (C=O) groups excluding carboxylic acids is 2. The fraction of sp³-hybridized carbons (Fsp3) is 0.222. The number of rotatable bonds is 7. The Kier molecular flexibility index (Phi) is 6.70. The van der Waals surface area contributed by atoms with Crippen molar-refractivity contribution in [3.8, 4) is 11.5 Å². The fourth-order valence-corrected chi connectivity index (χ4v) is 2.00. The van der Waals surface area contributed by atoms with Gasteiger partial charge >= 0.3 is 0 Å². The third-order valence-electron chi connectivity index (χ3n) is 3.22. The average molecular weight is 373 g/mol. The van der Waals surface area contributed by atoms with E-state index in [0.717, 1.165) is 0 Å². The van der Waals surface area contributed by atoms with E-state index in [-0.39, 0.29) is 18.4 Å². The number of hydrogen-bond donors (Lipinski definition) is 2. The second-order valence-electron chi connectivity index (χ2n) is 5.73. The maximum Gasteiger partial charge on any atom is 0.276 e. The van der Waals surface area contributed by atoms with Crippen LogP contribution in [0.15, 0.2) is 48.5 Å². The number of ether oxygens (including phenoxy) is 2. The van der Waals surface area contributed by atoms with Crippen LogP contribution in [0.5, 0.6) is 11.5 Å². The summed E-state index contributed by atoms with van der Waals surface area (Å²) >= 11 is 0. The van der Waals surface area contributed by atoms with Gasteiger partial charge in [0.1, 0.15) is 11.5 Å². The Bertz CT molecular complexity index is 803. The molecule has 2 rings (SSSR count). The van der Waals surface area contributed by atoms with E-state index in [0.29, 0.717) is 17.1 Å². The summed E-state index contributed by atoms with van der Waals surface area (Å²) in [6.07, 6.45) is 0.0275. The summed E-state index contributed by atoms with van der Waals surface area (Å²) in [4.78, 5) is 33.7. The molecule has 0 aliphatic heterocycles. The molecule has 142 valence electrons. The molecule has 0 aromatic heterocycles. The van der Waals surface area contributed by atoms with Gasteiger partial charge in [0.2, 0.25) is 0 Å². The summed E-state index contributed by atoms with van der Waals surface area (Å²) in [5.74, 6) is -0.138. The third-order valence-corrected chi connectivity index (χ3v) is 3.22. The first-order valence-electron chi connectivity index (χ1n) is 8.08. The summed E-state index contributed by atoms with van der Waals surface area (Å²) in [5.41, 5.74) is 4.77. The summed E-state index contributed by atoms with van der Waals surface area (Å²) in [6.45, 7) is 3.43. The quantitative estimate of drug-likeness (QED) is 0.567. The number of amides is 2. The van der Waals surface area contributed by atoms with Gasteiger partial charge in [0.15, 0.2) is 6.61 Å². The molecule has 0 atom stereocenters. The average Bonchev–Trinajstić information content (AvgIpc) is 2.65. The maximum atomic E-state index is 12.0. The molecule has 2 N–H and O–H groups in total. The lowest BCUT2D eigenvalue weighted by atomic mass is 10.2. The van der Waals surface area contributed by atoms with E-state index in [1.54, 1.807) is 24.3 Å². The number of carbonyl (C=O) groups is 2. The molecule has 9 heteroatoms. The Balaban J connectivity index is 1.77. The van der Waals surface area contributed by atoms with Crippen molar-refractivity contribution in [1.29, 1.82) is 0 Å². The second kappa shape index (κ2) is 9.18. The van der Waals surface area contributed by atoms with Gasteiger partial charge in [-0.1, -0.05) is 0 Å². The molecule has 0 radical (unpaired) electrons. The minimum Gasteiger partial charge on any atom is -0.491 e. The molecule has 0 spiro atoms. The van der Waals surface area contributed by atoms with E-state index >= 15 is 0 Å². The molecule has 0 aliphatic carbocycles. The van der Waals surface area contributed by atoms with Crippen LogP contribution in [-0.2, 0) is 4.79 Å². The molecule has 0 saturated heterocycles. The Labute approximate surface area is 155 Å².